The fourth-order valence-electron chi connectivity index (χ4n) is 2.05. The third kappa shape index (κ3) is 3.67. The highest BCUT2D eigenvalue weighted by molar-refractivity contribution is 14.1. The minimum absolute atomic E-state index is 0.127. The maximum Gasteiger partial charge on any atom is 0.137 e. The van der Waals surface area contributed by atoms with Gasteiger partial charge in [0.25, 0.3) is 0 Å². The molecule has 2 rings (SSSR count). The summed E-state index contributed by atoms with van der Waals surface area (Å²) < 4.78 is 6.74. The van der Waals surface area contributed by atoms with Crippen LogP contribution in [0.25, 0.3) is 0 Å². The molecule has 2 aromatic rings. The van der Waals surface area contributed by atoms with E-state index in [2.05, 4.69) is 57.2 Å². The Kier molecular flexibility index (Phi) is 5.15. The van der Waals surface area contributed by atoms with Gasteiger partial charge in [0.2, 0.25) is 0 Å². The summed E-state index contributed by atoms with van der Waals surface area (Å²) in [6.07, 6.45) is 3.62. The number of nitrogens with one attached hydrogen (secondary N) is 1. The molecule has 1 unspecified atom stereocenters. The molecule has 3 nitrogen and oxygen atoms in total. The van der Waals surface area contributed by atoms with Crippen molar-refractivity contribution in [1.82, 2.24) is 10.3 Å². The Morgan fingerprint density at radius 3 is 2.79 bits per heavy atom. The number of benzene rings is 1. The first-order valence-electron chi connectivity index (χ1n) is 6.25. The fraction of sp³-hybridized carbons (Fsp3) is 0.267. The summed E-state index contributed by atoms with van der Waals surface area (Å²) in [5.41, 5.74) is 2.33. The lowest BCUT2D eigenvalue weighted by Crippen LogP contribution is -2.18. The number of halogens is 1. The summed E-state index contributed by atoms with van der Waals surface area (Å²) in [4.78, 5) is 4.25. The number of aromatic nitrogens is 1. The second-order valence-electron chi connectivity index (χ2n) is 4.16. The standard InChI is InChI=1S/C15H17IN2O/c1-3-19-14-8-12(9-18-10-14)15(17-2)11-5-4-6-13(16)7-11/h4-10,15,17H,3H2,1-2H3. The second kappa shape index (κ2) is 6.86. The predicted molar refractivity (Wildman–Crippen MR) is 85.5 cm³/mol. The summed E-state index contributed by atoms with van der Waals surface area (Å²) in [7, 11) is 1.96. The van der Waals surface area contributed by atoms with Gasteiger partial charge in [0.15, 0.2) is 0 Å². The van der Waals surface area contributed by atoms with E-state index >= 15 is 0 Å². The molecule has 0 amide bonds. The molecule has 0 aliphatic heterocycles. The molecule has 0 aliphatic rings. The molecule has 0 bridgehead atoms. The second-order valence-corrected chi connectivity index (χ2v) is 5.41. The molecular weight excluding hydrogens is 351 g/mol. The van der Waals surface area contributed by atoms with E-state index in [0.717, 1.165) is 11.3 Å². The number of hydrogen-bond acceptors (Lipinski definition) is 3. The molecule has 1 N–H and O–H groups in total. The van der Waals surface area contributed by atoms with Crippen molar-refractivity contribution in [2.24, 2.45) is 0 Å². The Morgan fingerprint density at radius 1 is 1.26 bits per heavy atom. The van der Waals surface area contributed by atoms with E-state index in [1.165, 1.54) is 9.13 Å². The van der Waals surface area contributed by atoms with Crippen molar-refractivity contribution < 1.29 is 4.74 Å². The van der Waals surface area contributed by atoms with E-state index in [1.54, 1.807) is 6.20 Å². The smallest absolute Gasteiger partial charge is 0.137 e. The Hall–Kier alpha value is -1.14. The van der Waals surface area contributed by atoms with Crippen LogP contribution in [-0.4, -0.2) is 18.6 Å². The normalized spacial score (nSPS) is 12.2. The van der Waals surface area contributed by atoms with Crippen LogP contribution in [0.15, 0.2) is 42.7 Å². The van der Waals surface area contributed by atoms with Gasteiger partial charge in [-0.25, -0.2) is 0 Å². The molecule has 0 aliphatic carbocycles. The minimum atomic E-state index is 0.127. The van der Waals surface area contributed by atoms with Gasteiger partial charge in [0, 0.05) is 9.77 Å². The largest absolute Gasteiger partial charge is 0.492 e. The fourth-order valence-corrected chi connectivity index (χ4v) is 2.62. The molecule has 0 radical (unpaired) electrons. The van der Waals surface area contributed by atoms with Gasteiger partial charge in [-0.3, -0.25) is 4.98 Å². The van der Waals surface area contributed by atoms with Crippen molar-refractivity contribution in [3.63, 3.8) is 0 Å². The van der Waals surface area contributed by atoms with Crippen LogP contribution in [0.1, 0.15) is 24.1 Å². The maximum atomic E-state index is 5.51. The molecule has 0 spiro atoms. The minimum Gasteiger partial charge on any atom is -0.492 e. The molecule has 0 fully saturated rings. The van der Waals surface area contributed by atoms with Crippen LogP contribution in [0.2, 0.25) is 0 Å². The van der Waals surface area contributed by atoms with Gasteiger partial charge in [-0.1, -0.05) is 12.1 Å². The lowest BCUT2D eigenvalue weighted by Gasteiger charge is -2.18. The van der Waals surface area contributed by atoms with Gasteiger partial charge in [0.05, 0.1) is 18.8 Å². The first kappa shape index (κ1) is 14.3. The Balaban J connectivity index is 2.33. The molecule has 1 atom stereocenters. The van der Waals surface area contributed by atoms with Crippen molar-refractivity contribution in [2.45, 2.75) is 13.0 Å². The van der Waals surface area contributed by atoms with Gasteiger partial charge in [-0.05, 0) is 65.9 Å². The maximum absolute atomic E-state index is 5.51. The van der Waals surface area contributed by atoms with Gasteiger partial charge < -0.3 is 10.1 Å². The van der Waals surface area contributed by atoms with Gasteiger partial charge in [0.1, 0.15) is 5.75 Å². The molecule has 1 aromatic carbocycles. The first-order valence-corrected chi connectivity index (χ1v) is 7.33. The Morgan fingerprint density at radius 2 is 2.11 bits per heavy atom. The summed E-state index contributed by atoms with van der Waals surface area (Å²) in [6.45, 7) is 2.63. The SMILES string of the molecule is CCOc1cncc(C(NC)c2cccc(I)c2)c1. The van der Waals surface area contributed by atoms with Crippen molar-refractivity contribution in [3.05, 3.63) is 57.4 Å². The van der Waals surface area contributed by atoms with Gasteiger partial charge >= 0.3 is 0 Å². The number of hydrogen-bond donors (Lipinski definition) is 1. The average molecular weight is 368 g/mol. The summed E-state index contributed by atoms with van der Waals surface area (Å²) in [5.74, 6) is 0.811. The van der Waals surface area contributed by atoms with Crippen LogP contribution in [0.4, 0.5) is 0 Å². The number of nitrogens with zero attached hydrogens (tertiary/aromatic N) is 1. The quantitative estimate of drug-likeness (QED) is 0.822. The lowest BCUT2D eigenvalue weighted by atomic mass is 10.0. The Bertz CT molecular complexity index is 545. The van der Waals surface area contributed by atoms with E-state index in [-0.39, 0.29) is 6.04 Å². The van der Waals surface area contributed by atoms with Gasteiger partial charge in [-0.15, -0.1) is 0 Å². The van der Waals surface area contributed by atoms with E-state index in [1.807, 2.05) is 26.2 Å². The zero-order valence-electron chi connectivity index (χ0n) is 11.1. The molecule has 4 heteroatoms. The lowest BCUT2D eigenvalue weighted by molar-refractivity contribution is 0.338. The summed E-state index contributed by atoms with van der Waals surface area (Å²) >= 11 is 2.33. The zero-order chi connectivity index (χ0) is 13.7. The van der Waals surface area contributed by atoms with E-state index in [0.29, 0.717) is 6.61 Å². The number of pyridine rings is 1. The highest BCUT2D eigenvalue weighted by atomic mass is 127. The predicted octanol–water partition coefficient (Wildman–Crippen LogP) is 3.39. The van der Waals surface area contributed by atoms with Crippen molar-refractivity contribution in [2.75, 3.05) is 13.7 Å². The van der Waals surface area contributed by atoms with E-state index in [4.69, 9.17) is 4.74 Å². The van der Waals surface area contributed by atoms with Crippen LogP contribution in [-0.2, 0) is 0 Å². The zero-order valence-corrected chi connectivity index (χ0v) is 13.2. The summed E-state index contributed by atoms with van der Waals surface area (Å²) in [5, 5.41) is 3.33. The molecule has 19 heavy (non-hydrogen) atoms. The van der Waals surface area contributed by atoms with Crippen LogP contribution < -0.4 is 10.1 Å². The highest BCUT2D eigenvalue weighted by Gasteiger charge is 2.13. The van der Waals surface area contributed by atoms with E-state index in [9.17, 15) is 0 Å². The van der Waals surface area contributed by atoms with E-state index < -0.39 is 0 Å². The molecule has 0 saturated heterocycles. The van der Waals surface area contributed by atoms with Crippen molar-refractivity contribution >= 4 is 22.6 Å². The molecule has 100 valence electrons. The van der Waals surface area contributed by atoms with Crippen LogP contribution >= 0.6 is 22.6 Å². The highest BCUT2D eigenvalue weighted by Crippen LogP contribution is 2.25. The summed E-state index contributed by atoms with van der Waals surface area (Å²) in [6, 6.07) is 10.6. The van der Waals surface area contributed by atoms with Crippen molar-refractivity contribution in [1.29, 1.82) is 0 Å². The van der Waals surface area contributed by atoms with Crippen LogP contribution in [0.3, 0.4) is 0 Å². The third-order valence-electron chi connectivity index (χ3n) is 2.85. The molecule has 1 heterocycles. The number of ether oxygens (including phenoxy) is 1. The Labute approximate surface area is 127 Å². The monoisotopic (exact) mass is 368 g/mol. The topological polar surface area (TPSA) is 34.1 Å². The molecular formula is C15H17IN2O. The van der Waals surface area contributed by atoms with Crippen LogP contribution in [0.5, 0.6) is 5.75 Å². The van der Waals surface area contributed by atoms with Crippen molar-refractivity contribution in [3.8, 4) is 5.75 Å². The number of rotatable bonds is 5. The van der Waals surface area contributed by atoms with Gasteiger partial charge in [-0.2, -0.15) is 0 Å². The first-order chi connectivity index (χ1) is 9.24. The molecule has 0 saturated carbocycles. The van der Waals surface area contributed by atoms with Crippen LogP contribution in [0, 0.1) is 3.57 Å². The molecule has 1 aromatic heterocycles. The average Bonchev–Trinajstić information content (AvgIpc) is 2.41. The third-order valence-corrected chi connectivity index (χ3v) is 3.52.